The molecule has 0 unspecified atom stereocenters. The monoisotopic (exact) mass is 437 g/mol. The number of nitrogens with zero attached hydrogens (tertiary/aromatic N) is 3. The summed E-state index contributed by atoms with van der Waals surface area (Å²) in [4.78, 5) is 19.5. The molecule has 0 saturated carbocycles. The fourth-order valence-corrected chi connectivity index (χ4v) is 4.76. The Labute approximate surface area is 192 Å². The van der Waals surface area contributed by atoms with Crippen molar-refractivity contribution in [2.45, 2.75) is 45.8 Å². The summed E-state index contributed by atoms with van der Waals surface area (Å²) in [5, 5.41) is 0. The molecule has 32 heavy (non-hydrogen) atoms. The molecule has 1 heterocycles. The van der Waals surface area contributed by atoms with E-state index in [4.69, 9.17) is 0 Å². The van der Waals surface area contributed by atoms with Crippen LogP contribution in [0.2, 0.25) is 0 Å². The Bertz CT molecular complexity index is 909. The maximum atomic E-state index is 14.2. The Morgan fingerprint density at radius 3 is 2.38 bits per heavy atom. The van der Waals surface area contributed by atoms with Crippen molar-refractivity contribution in [3.63, 3.8) is 0 Å². The van der Waals surface area contributed by atoms with Crippen LogP contribution in [0.1, 0.15) is 55.2 Å². The summed E-state index contributed by atoms with van der Waals surface area (Å²) in [6, 6.07) is 15.3. The van der Waals surface area contributed by atoms with E-state index in [1.807, 2.05) is 55.2 Å². The first-order valence-corrected chi connectivity index (χ1v) is 11.6. The fourth-order valence-electron chi connectivity index (χ4n) is 4.76. The highest BCUT2D eigenvalue weighted by Crippen LogP contribution is 2.33. The largest absolute Gasteiger partial charge is 0.339 e. The van der Waals surface area contributed by atoms with Crippen LogP contribution < -0.4 is 0 Å². The van der Waals surface area contributed by atoms with Gasteiger partial charge in [-0.05, 0) is 63.1 Å². The van der Waals surface area contributed by atoms with E-state index in [1.165, 1.54) is 6.07 Å². The van der Waals surface area contributed by atoms with Crippen LogP contribution >= 0.6 is 0 Å². The topological polar surface area (TPSA) is 26.8 Å². The Kier molecular flexibility index (Phi) is 8.21. The molecule has 172 valence electrons. The molecule has 4 nitrogen and oxygen atoms in total. The average Bonchev–Trinajstić information content (AvgIpc) is 2.78. The summed E-state index contributed by atoms with van der Waals surface area (Å²) in [5.41, 5.74) is 2.69. The molecule has 0 aliphatic carbocycles. The minimum atomic E-state index is -0.230. The minimum Gasteiger partial charge on any atom is -0.339 e. The molecule has 1 amide bonds. The van der Waals surface area contributed by atoms with E-state index in [1.54, 1.807) is 12.1 Å². The van der Waals surface area contributed by atoms with E-state index in [0.29, 0.717) is 24.7 Å². The van der Waals surface area contributed by atoms with Crippen molar-refractivity contribution in [3.8, 4) is 0 Å². The standard InChI is InChI=1S/C27H36FN3O/c1-6-16-30-18-21(5)31(19-20(30)4)26(24-10-9-11-25(28)17-24)22-12-14-23(15-13-22)27(32)29(7-2)8-3/h6,9-15,17,20-21,26H,1,7-8,16,18-19H2,2-5H3/t20-,21+,26-/m1/s1. The Hall–Kier alpha value is -2.50. The number of amides is 1. The number of benzene rings is 2. The van der Waals surface area contributed by atoms with Crippen molar-refractivity contribution in [3.05, 3.63) is 83.7 Å². The van der Waals surface area contributed by atoms with Crippen molar-refractivity contribution in [2.75, 3.05) is 32.7 Å². The lowest BCUT2D eigenvalue weighted by Gasteiger charge is -2.47. The van der Waals surface area contributed by atoms with Gasteiger partial charge in [0.25, 0.3) is 5.91 Å². The molecule has 0 bridgehead atoms. The first kappa shape index (κ1) is 24.1. The highest BCUT2D eigenvalue weighted by atomic mass is 19.1. The summed E-state index contributed by atoms with van der Waals surface area (Å²) in [6.07, 6.45) is 1.95. The molecular weight excluding hydrogens is 401 g/mol. The molecule has 0 aromatic heterocycles. The van der Waals surface area contributed by atoms with Gasteiger partial charge in [-0.1, -0.05) is 30.3 Å². The zero-order chi connectivity index (χ0) is 23.3. The summed E-state index contributed by atoms with van der Waals surface area (Å²) < 4.78 is 14.2. The van der Waals surface area contributed by atoms with Gasteiger partial charge >= 0.3 is 0 Å². The van der Waals surface area contributed by atoms with Gasteiger partial charge in [-0.2, -0.15) is 0 Å². The SMILES string of the molecule is C=CCN1C[C@H](C)N([C@H](c2ccc(C(=O)N(CC)CC)cc2)c2cccc(F)c2)C[C@H]1C. The number of carbonyl (C=O) groups excluding carboxylic acids is 1. The zero-order valence-corrected chi connectivity index (χ0v) is 19.8. The number of piperazine rings is 1. The highest BCUT2D eigenvalue weighted by molar-refractivity contribution is 5.94. The second-order valence-corrected chi connectivity index (χ2v) is 8.69. The number of rotatable bonds is 8. The Balaban J connectivity index is 1.96. The molecule has 2 aromatic carbocycles. The van der Waals surface area contributed by atoms with E-state index in [-0.39, 0.29) is 23.8 Å². The molecule has 2 aromatic rings. The highest BCUT2D eigenvalue weighted by Gasteiger charge is 2.34. The molecule has 1 fully saturated rings. The summed E-state index contributed by atoms with van der Waals surface area (Å²) >= 11 is 0. The van der Waals surface area contributed by atoms with Gasteiger partial charge in [0.2, 0.25) is 0 Å². The third-order valence-corrected chi connectivity index (χ3v) is 6.55. The van der Waals surface area contributed by atoms with Gasteiger partial charge in [-0.25, -0.2) is 4.39 Å². The van der Waals surface area contributed by atoms with Crippen LogP contribution in [0.4, 0.5) is 4.39 Å². The molecule has 0 spiro atoms. The lowest BCUT2D eigenvalue weighted by molar-refractivity contribution is 0.0306. The molecule has 1 aliphatic heterocycles. The van der Waals surface area contributed by atoms with Gasteiger partial charge < -0.3 is 4.90 Å². The van der Waals surface area contributed by atoms with E-state index in [9.17, 15) is 9.18 Å². The Morgan fingerprint density at radius 2 is 1.78 bits per heavy atom. The average molecular weight is 438 g/mol. The van der Waals surface area contributed by atoms with Crippen LogP contribution in [-0.2, 0) is 0 Å². The first-order chi connectivity index (χ1) is 15.4. The van der Waals surface area contributed by atoms with Crippen LogP contribution in [0.15, 0.2) is 61.2 Å². The van der Waals surface area contributed by atoms with Crippen LogP contribution in [0.5, 0.6) is 0 Å². The van der Waals surface area contributed by atoms with Gasteiger partial charge in [-0.3, -0.25) is 14.6 Å². The molecule has 0 radical (unpaired) electrons. The second-order valence-electron chi connectivity index (χ2n) is 8.69. The van der Waals surface area contributed by atoms with Crippen molar-refractivity contribution >= 4 is 5.91 Å². The van der Waals surface area contributed by atoms with E-state index in [2.05, 4.69) is 30.2 Å². The summed E-state index contributed by atoms with van der Waals surface area (Å²) in [6.45, 7) is 16.4. The first-order valence-electron chi connectivity index (χ1n) is 11.6. The summed E-state index contributed by atoms with van der Waals surface area (Å²) in [5.74, 6) is -0.185. The van der Waals surface area contributed by atoms with Crippen molar-refractivity contribution in [1.29, 1.82) is 0 Å². The molecular formula is C27H36FN3O. The van der Waals surface area contributed by atoms with Crippen LogP contribution in [-0.4, -0.2) is 65.4 Å². The minimum absolute atomic E-state index is 0.0453. The predicted octanol–water partition coefficient (Wildman–Crippen LogP) is 4.98. The second kappa shape index (κ2) is 10.9. The molecule has 3 rings (SSSR count). The molecule has 0 N–H and O–H groups in total. The van der Waals surface area contributed by atoms with Crippen molar-refractivity contribution in [2.24, 2.45) is 0 Å². The number of halogens is 1. The number of carbonyl (C=O) groups is 1. The smallest absolute Gasteiger partial charge is 0.253 e. The lowest BCUT2D eigenvalue weighted by atomic mass is 9.92. The van der Waals surface area contributed by atoms with Gasteiger partial charge in [0.05, 0.1) is 6.04 Å². The molecule has 1 aliphatic rings. The Morgan fingerprint density at radius 1 is 1.09 bits per heavy atom. The lowest BCUT2D eigenvalue weighted by Crippen LogP contribution is -2.57. The van der Waals surface area contributed by atoms with Gasteiger partial charge in [-0.15, -0.1) is 6.58 Å². The molecule has 1 saturated heterocycles. The quantitative estimate of drug-likeness (QED) is 0.545. The van der Waals surface area contributed by atoms with Crippen LogP contribution in [0.25, 0.3) is 0 Å². The zero-order valence-electron chi connectivity index (χ0n) is 19.8. The third kappa shape index (κ3) is 5.28. The molecule has 5 heteroatoms. The predicted molar refractivity (Wildman–Crippen MR) is 129 cm³/mol. The van der Waals surface area contributed by atoms with Gasteiger partial charge in [0.15, 0.2) is 0 Å². The van der Waals surface area contributed by atoms with Crippen LogP contribution in [0.3, 0.4) is 0 Å². The fraction of sp³-hybridized carbons (Fsp3) is 0.444. The molecule has 3 atom stereocenters. The van der Waals surface area contributed by atoms with Crippen molar-refractivity contribution in [1.82, 2.24) is 14.7 Å². The van der Waals surface area contributed by atoms with Gasteiger partial charge in [0.1, 0.15) is 5.82 Å². The number of hydrogen-bond donors (Lipinski definition) is 0. The van der Waals surface area contributed by atoms with E-state index < -0.39 is 0 Å². The third-order valence-electron chi connectivity index (χ3n) is 6.55. The van der Waals surface area contributed by atoms with E-state index >= 15 is 0 Å². The van der Waals surface area contributed by atoms with Crippen molar-refractivity contribution < 1.29 is 9.18 Å². The number of hydrogen-bond acceptors (Lipinski definition) is 3. The maximum Gasteiger partial charge on any atom is 0.253 e. The normalized spacial score (nSPS) is 20.7. The van der Waals surface area contributed by atoms with Crippen LogP contribution in [0, 0.1) is 5.82 Å². The van der Waals surface area contributed by atoms with Gasteiger partial charge in [0, 0.05) is 50.4 Å². The maximum absolute atomic E-state index is 14.2. The summed E-state index contributed by atoms with van der Waals surface area (Å²) in [7, 11) is 0. The van der Waals surface area contributed by atoms with E-state index in [0.717, 1.165) is 30.8 Å².